The van der Waals surface area contributed by atoms with Crippen LogP contribution in [0.15, 0.2) is 22.7 Å². The predicted octanol–water partition coefficient (Wildman–Crippen LogP) is 3.66. The van der Waals surface area contributed by atoms with Crippen LogP contribution in [-0.2, 0) is 5.88 Å². The predicted molar refractivity (Wildman–Crippen MR) is 80.3 cm³/mol. The SMILES string of the molecule is CC(CN(C)C)n1c(CCl)nc2cc(Br)ccc21. The quantitative estimate of drug-likeness (QED) is 0.798. The van der Waals surface area contributed by atoms with Crippen LogP contribution in [0.2, 0.25) is 0 Å². The van der Waals surface area contributed by atoms with Crippen molar-refractivity contribution in [3.05, 3.63) is 28.5 Å². The van der Waals surface area contributed by atoms with E-state index in [1.807, 2.05) is 12.1 Å². The van der Waals surface area contributed by atoms with Gasteiger partial charge in [-0.15, -0.1) is 11.6 Å². The molecular weight excluding hydrogens is 314 g/mol. The molecule has 0 saturated carbocycles. The fourth-order valence-electron chi connectivity index (χ4n) is 2.32. The lowest BCUT2D eigenvalue weighted by atomic mass is 10.2. The summed E-state index contributed by atoms with van der Waals surface area (Å²) in [7, 11) is 4.15. The van der Waals surface area contributed by atoms with Gasteiger partial charge in [-0.2, -0.15) is 0 Å². The number of imidazole rings is 1. The Morgan fingerprint density at radius 1 is 1.44 bits per heavy atom. The van der Waals surface area contributed by atoms with Gasteiger partial charge in [-0.25, -0.2) is 4.98 Å². The molecule has 3 nitrogen and oxygen atoms in total. The van der Waals surface area contributed by atoms with E-state index in [9.17, 15) is 0 Å². The number of alkyl halides is 1. The molecule has 1 heterocycles. The molecule has 0 N–H and O–H groups in total. The fourth-order valence-corrected chi connectivity index (χ4v) is 2.86. The number of halogens is 2. The monoisotopic (exact) mass is 329 g/mol. The number of rotatable bonds is 4. The number of hydrogen-bond donors (Lipinski definition) is 0. The van der Waals surface area contributed by atoms with Gasteiger partial charge in [0.05, 0.1) is 16.9 Å². The van der Waals surface area contributed by atoms with Crippen molar-refractivity contribution in [1.29, 1.82) is 0 Å². The average Bonchev–Trinajstić information content (AvgIpc) is 2.65. The van der Waals surface area contributed by atoms with E-state index >= 15 is 0 Å². The molecular formula is C13H17BrClN3. The minimum absolute atomic E-state index is 0.347. The van der Waals surface area contributed by atoms with Crippen LogP contribution in [0, 0.1) is 0 Å². The zero-order valence-electron chi connectivity index (χ0n) is 10.8. The van der Waals surface area contributed by atoms with Crippen molar-refractivity contribution in [2.45, 2.75) is 18.8 Å². The second-order valence-electron chi connectivity index (χ2n) is 4.78. The average molecular weight is 331 g/mol. The summed E-state index contributed by atoms with van der Waals surface area (Å²) < 4.78 is 3.27. The second kappa shape index (κ2) is 5.59. The topological polar surface area (TPSA) is 21.1 Å². The lowest BCUT2D eigenvalue weighted by Crippen LogP contribution is -2.23. The summed E-state index contributed by atoms with van der Waals surface area (Å²) in [5.74, 6) is 1.36. The Morgan fingerprint density at radius 2 is 2.17 bits per heavy atom. The van der Waals surface area contributed by atoms with Gasteiger partial charge < -0.3 is 9.47 Å². The molecule has 1 unspecified atom stereocenters. The van der Waals surface area contributed by atoms with Crippen LogP contribution < -0.4 is 0 Å². The molecule has 0 aliphatic heterocycles. The van der Waals surface area contributed by atoms with Crippen LogP contribution in [-0.4, -0.2) is 35.1 Å². The molecule has 18 heavy (non-hydrogen) atoms. The number of likely N-dealkylation sites (N-methyl/N-ethyl adjacent to an activating group) is 1. The first-order chi connectivity index (χ1) is 8.52. The molecule has 0 aliphatic carbocycles. The minimum atomic E-state index is 0.347. The number of hydrogen-bond acceptors (Lipinski definition) is 2. The van der Waals surface area contributed by atoms with Crippen molar-refractivity contribution in [3.63, 3.8) is 0 Å². The van der Waals surface area contributed by atoms with Crippen molar-refractivity contribution in [2.75, 3.05) is 20.6 Å². The minimum Gasteiger partial charge on any atom is -0.323 e. The number of benzene rings is 1. The van der Waals surface area contributed by atoms with E-state index in [-0.39, 0.29) is 0 Å². The highest BCUT2D eigenvalue weighted by Crippen LogP contribution is 2.25. The van der Waals surface area contributed by atoms with Gasteiger partial charge in [0.2, 0.25) is 0 Å². The van der Waals surface area contributed by atoms with E-state index in [2.05, 4.69) is 57.5 Å². The van der Waals surface area contributed by atoms with E-state index in [1.165, 1.54) is 0 Å². The summed E-state index contributed by atoms with van der Waals surface area (Å²) in [5.41, 5.74) is 2.13. The highest BCUT2D eigenvalue weighted by Gasteiger charge is 2.15. The third kappa shape index (κ3) is 2.71. The van der Waals surface area contributed by atoms with Gasteiger partial charge in [-0.3, -0.25) is 0 Å². The highest BCUT2D eigenvalue weighted by molar-refractivity contribution is 9.10. The Morgan fingerprint density at radius 3 is 2.78 bits per heavy atom. The first-order valence-electron chi connectivity index (χ1n) is 5.90. The van der Waals surface area contributed by atoms with Crippen LogP contribution in [0.25, 0.3) is 11.0 Å². The van der Waals surface area contributed by atoms with E-state index in [1.54, 1.807) is 0 Å². The molecule has 0 spiro atoms. The van der Waals surface area contributed by atoms with Crippen molar-refractivity contribution in [2.24, 2.45) is 0 Å². The van der Waals surface area contributed by atoms with Gasteiger partial charge in [-0.1, -0.05) is 15.9 Å². The molecule has 0 radical (unpaired) electrons. The zero-order chi connectivity index (χ0) is 13.3. The first kappa shape index (κ1) is 13.8. The third-order valence-electron chi connectivity index (χ3n) is 2.91. The van der Waals surface area contributed by atoms with Gasteiger partial charge in [0.15, 0.2) is 0 Å². The largest absolute Gasteiger partial charge is 0.323 e. The summed E-state index contributed by atoms with van der Waals surface area (Å²) in [4.78, 5) is 6.78. The maximum absolute atomic E-state index is 6.02. The van der Waals surface area contributed by atoms with Crippen LogP contribution in [0.4, 0.5) is 0 Å². The summed E-state index contributed by atoms with van der Waals surface area (Å²) >= 11 is 9.49. The summed E-state index contributed by atoms with van der Waals surface area (Å²) in [5, 5.41) is 0. The molecule has 2 aromatic rings. The van der Waals surface area contributed by atoms with Crippen molar-refractivity contribution in [1.82, 2.24) is 14.5 Å². The van der Waals surface area contributed by atoms with E-state index in [4.69, 9.17) is 11.6 Å². The molecule has 1 atom stereocenters. The molecule has 1 aromatic heterocycles. The fraction of sp³-hybridized carbons (Fsp3) is 0.462. The van der Waals surface area contributed by atoms with Gasteiger partial charge in [0.25, 0.3) is 0 Å². The van der Waals surface area contributed by atoms with Crippen molar-refractivity contribution in [3.8, 4) is 0 Å². The Kier molecular flexibility index (Phi) is 4.30. The van der Waals surface area contributed by atoms with Crippen LogP contribution >= 0.6 is 27.5 Å². The van der Waals surface area contributed by atoms with Crippen molar-refractivity contribution < 1.29 is 0 Å². The van der Waals surface area contributed by atoms with Gasteiger partial charge >= 0.3 is 0 Å². The summed E-state index contributed by atoms with van der Waals surface area (Å²) in [6.07, 6.45) is 0. The first-order valence-corrected chi connectivity index (χ1v) is 7.22. The van der Waals surface area contributed by atoms with Crippen LogP contribution in [0.1, 0.15) is 18.8 Å². The van der Waals surface area contributed by atoms with Gasteiger partial charge in [0, 0.05) is 17.1 Å². The molecule has 5 heteroatoms. The third-order valence-corrected chi connectivity index (χ3v) is 3.65. The maximum Gasteiger partial charge on any atom is 0.125 e. The lowest BCUT2D eigenvalue weighted by Gasteiger charge is -2.20. The molecule has 1 aromatic carbocycles. The molecule has 0 aliphatic rings. The molecule has 2 rings (SSSR count). The smallest absolute Gasteiger partial charge is 0.125 e. The van der Waals surface area contributed by atoms with E-state index in [0.717, 1.165) is 27.9 Å². The number of nitrogens with zero attached hydrogens (tertiary/aromatic N) is 3. The normalized spacial score (nSPS) is 13.4. The van der Waals surface area contributed by atoms with Gasteiger partial charge in [0.1, 0.15) is 5.82 Å². The molecule has 0 fully saturated rings. The van der Waals surface area contributed by atoms with Crippen molar-refractivity contribution >= 4 is 38.6 Å². The Balaban J connectivity index is 2.53. The maximum atomic E-state index is 6.02. The Labute approximate surface area is 121 Å². The summed E-state index contributed by atoms with van der Waals surface area (Å²) in [6, 6.07) is 6.51. The van der Waals surface area contributed by atoms with E-state index in [0.29, 0.717) is 11.9 Å². The Bertz CT molecular complexity index is 550. The summed E-state index contributed by atoms with van der Waals surface area (Å²) in [6.45, 7) is 3.16. The number of aromatic nitrogens is 2. The number of fused-ring (bicyclic) bond motifs is 1. The molecule has 98 valence electrons. The van der Waals surface area contributed by atoms with Crippen LogP contribution in [0.3, 0.4) is 0 Å². The zero-order valence-corrected chi connectivity index (χ0v) is 13.2. The highest BCUT2D eigenvalue weighted by atomic mass is 79.9. The Hall–Kier alpha value is -0.580. The van der Waals surface area contributed by atoms with Gasteiger partial charge in [-0.05, 0) is 39.2 Å². The molecule has 0 saturated heterocycles. The van der Waals surface area contributed by atoms with E-state index < -0.39 is 0 Å². The second-order valence-corrected chi connectivity index (χ2v) is 5.96. The lowest BCUT2D eigenvalue weighted by molar-refractivity contribution is 0.337. The standard InChI is InChI=1S/C13H17BrClN3/c1-9(8-17(2)3)18-12-5-4-10(14)6-11(12)16-13(18)7-15/h4-6,9H,7-8H2,1-3H3. The molecule has 0 amide bonds. The molecule has 0 bridgehead atoms. The van der Waals surface area contributed by atoms with Crippen LogP contribution in [0.5, 0.6) is 0 Å².